The van der Waals surface area contributed by atoms with Gasteiger partial charge in [-0.25, -0.2) is 0 Å². The summed E-state index contributed by atoms with van der Waals surface area (Å²) in [5.74, 6) is 0.575. The third-order valence-corrected chi connectivity index (χ3v) is 4.34. The molecular weight excluding hydrogens is 310 g/mol. The Hall–Kier alpha value is -2.81. The topological polar surface area (TPSA) is 38.3 Å². The van der Waals surface area contributed by atoms with Crippen LogP contribution in [0.25, 0.3) is 10.8 Å². The van der Waals surface area contributed by atoms with Crippen LogP contribution in [0.3, 0.4) is 0 Å². The first-order valence-corrected chi connectivity index (χ1v) is 8.55. The Bertz CT molecular complexity index is 871. The zero-order chi connectivity index (χ0) is 17.8. The highest BCUT2D eigenvalue weighted by atomic mass is 16.5. The van der Waals surface area contributed by atoms with Crippen molar-refractivity contribution in [3.05, 3.63) is 77.9 Å². The first-order valence-electron chi connectivity index (χ1n) is 8.55. The average Bonchev–Trinajstić information content (AvgIpc) is 2.62. The van der Waals surface area contributed by atoms with E-state index >= 15 is 0 Å². The van der Waals surface area contributed by atoms with E-state index in [0.29, 0.717) is 5.75 Å². The number of hydrogen-bond donors (Lipinski definition) is 1. The molecule has 3 aromatic carbocycles. The summed E-state index contributed by atoms with van der Waals surface area (Å²) in [5.41, 5.74) is 2.28. The molecule has 128 valence electrons. The van der Waals surface area contributed by atoms with E-state index < -0.39 is 6.10 Å². The standard InChI is InChI=1S/C22H23NO2/c1-15-8-10-18(11-9-15)16(2)23-22(24)17(3)25-21-13-12-19-6-4-5-7-20(19)14-21/h4-14,16-17H,1-3H3,(H,23,24)/t16-,17-/m0/s1. The fraction of sp³-hybridized carbons (Fsp3) is 0.227. The molecule has 1 N–H and O–H groups in total. The number of hydrogen-bond acceptors (Lipinski definition) is 2. The molecule has 0 heterocycles. The number of fused-ring (bicyclic) bond motifs is 1. The van der Waals surface area contributed by atoms with Crippen molar-refractivity contribution in [1.29, 1.82) is 0 Å². The van der Waals surface area contributed by atoms with Crippen LogP contribution < -0.4 is 10.1 Å². The third kappa shape index (κ3) is 4.18. The molecular formula is C22H23NO2. The van der Waals surface area contributed by atoms with Crippen LogP contribution >= 0.6 is 0 Å². The highest BCUT2D eigenvalue weighted by Gasteiger charge is 2.17. The van der Waals surface area contributed by atoms with Gasteiger partial charge in [-0.3, -0.25) is 4.79 Å². The first-order chi connectivity index (χ1) is 12.0. The highest BCUT2D eigenvalue weighted by Crippen LogP contribution is 2.21. The second kappa shape index (κ2) is 7.39. The van der Waals surface area contributed by atoms with Crippen molar-refractivity contribution in [2.75, 3.05) is 0 Å². The molecule has 0 aliphatic rings. The lowest BCUT2D eigenvalue weighted by Gasteiger charge is -2.19. The fourth-order valence-corrected chi connectivity index (χ4v) is 2.77. The highest BCUT2D eigenvalue weighted by molar-refractivity contribution is 5.84. The molecule has 3 aromatic rings. The van der Waals surface area contributed by atoms with E-state index in [1.165, 1.54) is 5.56 Å². The summed E-state index contributed by atoms with van der Waals surface area (Å²) in [6, 6.07) is 22.1. The Kier molecular flexibility index (Phi) is 5.03. The van der Waals surface area contributed by atoms with Crippen LogP contribution in [0.5, 0.6) is 5.75 Å². The lowest BCUT2D eigenvalue weighted by Crippen LogP contribution is -2.37. The Labute approximate surface area is 148 Å². The SMILES string of the molecule is Cc1ccc([C@H](C)NC(=O)[C@H](C)Oc2ccc3ccccc3c2)cc1. The smallest absolute Gasteiger partial charge is 0.261 e. The van der Waals surface area contributed by atoms with Gasteiger partial charge in [-0.15, -0.1) is 0 Å². The monoisotopic (exact) mass is 333 g/mol. The zero-order valence-electron chi connectivity index (χ0n) is 14.8. The molecule has 0 spiro atoms. The van der Waals surface area contributed by atoms with E-state index in [-0.39, 0.29) is 11.9 Å². The number of rotatable bonds is 5. The maximum absolute atomic E-state index is 12.4. The summed E-state index contributed by atoms with van der Waals surface area (Å²) in [7, 11) is 0. The molecule has 0 saturated carbocycles. The molecule has 3 heteroatoms. The molecule has 0 aromatic heterocycles. The lowest BCUT2D eigenvalue weighted by molar-refractivity contribution is -0.127. The van der Waals surface area contributed by atoms with Gasteiger partial charge in [0.2, 0.25) is 0 Å². The molecule has 0 saturated heterocycles. The Morgan fingerprint density at radius 3 is 2.32 bits per heavy atom. The van der Waals surface area contributed by atoms with Gasteiger partial charge in [0.15, 0.2) is 6.10 Å². The molecule has 3 nitrogen and oxygen atoms in total. The number of nitrogens with one attached hydrogen (secondary N) is 1. The molecule has 0 aliphatic heterocycles. The minimum Gasteiger partial charge on any atom is -0.481 e. The van der Waals surface area contributed by atoms with Gasteiger partial charge < -0.3 is 10.1 Å². The van der Waals surface area contributed by atoms with Crippen LogP contribution in [0.15, 0.2) is 66.7 Å². The molecule has 0 radical (unpaired) electrons. The Balaban J connectivity index is 1.64. The van der Waals surface area contributed by atoms with Crippen LogP contribution in [0, 0.1) is 6.92 Å². The second-order valence-electron chi connectivity index (χ2n) is 6.41. The average molecular weight is 333 g/mol. The molecule has 0 unspecified atom stereocenters. The summed E-state index contributed by atoms with van der Waals surface area (Å²) in [6.45, 7) is 5.80. The molecule has 0 aliphatic carbocycles. The summed E-state index contributed by atoms with van der Waals surface area (Å²) < 4.78 is 5.83. The lowest BCUT2D eigenvalue weighted by atomic mass is 10.1. The molecule has 1 amide bonds. The number of amides is 1. The van der Waals surface area contributed by atoms with Crippen molar-refractivity contribution in [3.8, 4) is 5.75 Å². The summed E-state index contributed by atoms with van der Waals surface area (Å²) in [6.07, 6.45) is -0.561. The van der Waals surface area contributed by atoms with Gasteiger partial charge in [0.25, 0.3) is 5.91 Å². The minimum absolute atomic E-state index is 0.0595. The summed E-state index contributed by atoms with van der Waals surface area (Å²) >= 11 is 0. The summed E-state index contributed by atoms with van der Waals surface area (Å²) in [4.78, 5) is 12.4. The van der Waals surface area contributed by atoms with Gasteiger partial charge in [0, 0.05) is 0 Å². The van der Waals surface area contributed by atoms with Crippen molar-refractivity contribution >= 4 is 16.7 Å². The molecule has 2 atom stereocenters. The van der Waals surface area contributed by atoms with Crippen molar-refractivity contribution in [1.82, 2.24) is 5.32 Å². The van der Waals surface area contributed by atoms with Crippen molar-refractivity contribution < 1.29 is 9.53 Å². The van der Waals surface area contributed by atoms with Crippen molar-refractivity contribution in [2.24, 2.45) is 0 Å². The summed E-state index contributed by atoms with van der Waals surface area (Å²) in [5, 5.41) is 5.26. The predicted molar refractivity (Wildman–Crippen MR) is 102 cm³/mol. The molecule has 0 fully saturated rings. The number of benzene rings is 3. The van der Waals surface area contributed by atoms with E-state index in [1.807, 2.05) is 74.5 Å². The van der Waals surface area contributed by atoms with Crippen molar-refractivity contribution in [3.63, 3.8) is 0 Å². The van der Waals surface area contributed by atoms with Gasteiger partial charge in [-0.05, 0) is 49.2 Å². The van der Waals surface area contributed by atoms with E-state index in [4.69, 9.17) is 4.74 Å². The van der Waals surface area contributed by atoms with Gasteiger partial charge in [0.05, 0.1) is 6.04 Å². The zero-order valence-corrected chi connectivity index (χ0v) is 14.8. The third-order valence-electron chi connectivity index (χ3n) is 4.34. The molecule has 0 bridgehead atoms. The van der Waals surface area contributed by atoms with E-state index in [9.17, 15) is 4.79 Å². The normalized spacial score (nSPS) is 13.2. The Morgan fingerprint density at radius 1 is 0.920 bits per heavy atom. The van der Waals surface area contributed by atoms with Gasteiger partial charge in [-0.1, -0.05) is 60.2 Å². The molecule has 3 rings (SSSR count). The van der Waals surface area contributed by atoms with Crippen LogP contribution in [-0.2, 0) is 4.79 Å². The van der Waals surface area contributed by atoms with E-state index in [0.717, 1.165) is 16.3 Å². The quantitative estimate of drug-likeness (QED) is 0.729. The molecule has 25 heavy (non-hydrogen) atoms. The van der Waals surface area contributed by atoms with Crippen LogP contribution in [0.1, 0.15) is 31.0 Å². The fourth-order valence-electron chi connectivity index (χ4n) is 2.77. The second-order valence-corrected chi connectivity index (χ2v) is 6.41. The van der Waals surface area contributed by atoms with Gasteiger partial charge in [0.1, 0.15) is 5.75 Å². The van der Waals surface area contributed by atoms with E-state index in [1.54, 1.807) is 6.92 Å². The van der Waals surface area contributed by atoms with E-state index in [2.05, 4.69) is 11.4 Å². The van der Waals surface area contributed by atoms with Crippen molar-refractivity contribution in [2.45, 2.75) is 32.9 Å². The predicted octanol–water partition coefficient (Wildman–Crippen LogP) is 4.79. The minimum atomic E-state index is -0.561. The maximum atomic E-state index is 12.4. The first kappa shape index (κ1) is 17.0. The van der Waals surface area contributed by atoms with Crippen LogP contribution in [-0.4, -0.2) is 12.0 Å². The number of carbonyl (C=O) groups is 1. The number of carbonyl (C=O) groups excluding carboxylic acids is 1. The number of ether oxygens (including phenoxy) is 1. The largest absolute Gasteiger partial charge is 0.481 e. The Morgan fingerprint density at radius 2 is 1.60 bits per heavy atom. The number of aryl methyl sites for hydroxylation is 1. The van der Waals surface area contributed by atoms with Gasteiger partial charge in [-0.2, -0.15) is 0 Å². The van der Waals surface area contributed by atoms with Gasteiger partial charge >= 0.3 is 0 Å². The van der Waals surface area contributed by atoms with Crippen LogP contribution in [0.4, 0.5) is 0 Å². The van der Waals surface area contributed by atoms with Crippen LogP contribution in [0.2, 0.25) is 0 Å². The maximum Gasteiger partial charge on any atom is 0.261 e.